The van der Waals surface area contributed by atoms with E-state index in [1.54, 1.807) is 7.11 Å². The van der Waals surface area contributed by atoms with Gasteiger partial charge in [0.2, 0.25) is 0 Å². The van der Waals surface area contributed by atoms with E-state index in [-0.39, 0.29) is 0 Å². The minimum Gasteiger partial charge on any atom is -0.496 e. The highest BCUT2D eigenvalue weighted by Gasteiger charge is 2.20. The van der Waals surface area contributed by atoms with Gasteiger partial charge >= 0.3 is 0 Å². The number of hydrogen-bond acceptors (Lipinski definition) is 3. The first-order valence-corrected chi connectivity index (χ1v) is 7.73. The standard InChI is InChI=1S/C17H28N2O/c1-5-13(2)19(3)12-15-10-14(6-9-17(15)20-4)11-18-16-7-8-16/h6,9-10,13,16,18H,5,7-8,11-12H2,1-4H3. The molecule has 0 radical (unpaired) electrons. The number of methoxy groups -OCH3 is 1. The van der Waals surface area contributed by atoms with E-state index in [0.29, 0.717) is 6.04 Å². The van der Waals surface area contributed by atoms with Gasteiger partial charge in [-0.1, -0.05) is 13.0 Å². The monoisotopic (exact) mass is 276 g/mol. The first kappa shape index (κ1) is 15.3. The molecule has 1 aromatic carbocycles. The summed E-state index contributed by atoms with van der Waals surface area (Å²) in [6.07, 6.45) is 3.83. The zero-order valence-electron chi connectivity index (χ0n) is 13.3. The number of benzene rings is 1. The fourth-order valence-corrected chi connectivity index (χ4v) is 2.35. The Labute approximate surface area is 123 Å². The van der Waals surface area contributed by atoms with Crippen LogP contribution in [0.1, 0.15) is 44.2 Å². The van der Waals surface area contributed by atoms with Crippen molar-refractivity contribution in [2.24, 2.45) is 0 Å². The van der Waals surface area contributed by atoms with Crippen LogP contribution in [-0.4, -0.2) is 31.1 Å². The third kappa shape index (κ3) is 4.22. The Hall–Kier alpha value is -1.06. The van der Waals surface area contributed by atoms with Crippen molar-refractivity contribution >= 4 is 0 Å². The molecule has 0 aromatic heterocycles. The Morgan fingerprint density at radius 1 is 1.40 bits per heavy atom. The fraction of sp³-hybridized carbons (Fsp3) is 0.647. The molecule has 20 heavy (non-hydrogen) atoms. The van der Waals surface area contributed by atoms with Gasteiger partial charge in [-0.2, -0.15) is 0 Å². The van der Waals surface area contributed by atoms with Gasteiger partial charge < -0.3 is 10.1 Å². The summed E-state index contributed by atoms with van der Waals surface area (Å²) in [4.78, 5) is 2.38. The molecule has 1 saturated carbocycles. The van der Waals surface area contributed by atoms with Crippen LogP contribution in [0.15, 0.2) is 18.2 Å². The lowest BCUT2D eigenvalue weighted by Crippen LogP contribution is -2.28. The van der Waals surface area contributed by atoms with Crippen LogP contribution in [0, 0.1) is 0 Å². The molecular formula is C17H28N2O. The molecular weight excluding hydrogens is 248 g/mol. The second-order valence-corrected chi connectivity index (χ2v) is 5.97. The van der Waals surface area contributed by atoms with Crippen molar-refractivity contribution in [3.8, 4) is 5.75 Å². The third-order valence-electron chi connectivity index (χ3n) is 4.28. The Bertz CT molecular complexity index is 429. The molecule has 1 N–H and O–H groups in total. The molecule has 0 spiro atoms. The Morgan fingerprint density at radius 3 is 2.75 bits per heavy atom. The maximum atomic E-state index is 5.51. The first-order chi connectivity index (χ1) is 9.63. The molecule has 0 heterocycles. The maximum Gasteiger partial charge on any atom is 0.123 e. The van der Waals surface area contributed by atoms with Crippen molar-refractivity contribution in [1.29, 1.82) is 0 Å². The zero-order valence-corrected chi connectivity index (χ0v) is 13.3. The Morgan fingerprint density at radius 2 is 2.15 bits per heavy atom. The van der Waals surface area contributed by atoms with Gasteiger partial charge in [0.1, 0.15) is 5.75 Å². The van der Waals surface area contributed by atoms with Crippen LogP contribution in [0.3, 0.4) is 0 Å². The van der Waals surface area contributed by atoms with E-state index in [1.807, 2.05) is 0 Å². The predicted octanol–water partition coefficient (Wildman–Crippen LogP) is 3.18. The van der Waals surface area contributed by atoms with E-state index in [0.717, 1.165) is 24.9 Å². The van der Waals surface area contributed by atoms with E-state index >= 15 is 0 Å². The highest BCUT2D eigenvalue weighted by molar-refractivity contribution is 5.37. The molecule has 2 rings (SSSR count). The quantitative estimate of drug-likeness (QED) is 0.789. The van der Waals surface area contributed by atoms with Crippen molar-refractivity contribution in [2.45, 2.75) is 58.3 Å². The minimum atomic E-state index is 0.591. The number of nitrogens with one attached hydrogen (secondary N) is 1. The van der Waals surface area contributed by atoms with Gasteiger partial charge in [0, 0.05) is 30.7 Å². The molecule has 1 atom stereocenters. The zero-order chi connectivity index (χ0) is 14.5. The summed E-state index contributed by atoms with van der Waals surface area (Å²) < 4.78 is 5.51. The van der Waals surface area contributed by atoms with Gasteiger partial charge in [0.25, 0.3) is 0 Å². The summed E-state index contributed by atoms with van der Waals surface area (Å²) >= 11 is 0. The molecule has 0 bridgehead atoms. The van der Waals surface area contributed by atoms with Gasteiger partial charge in [0.15, 0.2) is 0 Å². The third-order valence-corrected chi connectivity index (χ3v) is 4.28. The van der Waals surface area contributed by atoms with Crippen LogP contribution < -0.4 is 10.1 Å². The van der Waals surface area contributed by atoms with E-state index in [4.69, 9.17) is 4.74 Å². The van der Waals surface area contributed by atoms with Crippen molar-refractivity contribution in [3.63, 3.8) is 0 Å². The van der Waals surface area contributed by atoms with Crippen molar-refractivity contribution in [2.75, 3.05) is 14.2 Å². The van der Waals surface area contributed by atoms with Crippen molar-refractivity contribution in [1.82, 2.24) is 10.2 Å². The average molecular weight is 276 g/mol. The largest absolute Gasteiger partial charge is 0.496 e. The normalized spacial score (nSPS) is 16.4. The summed E-state index contributed by atoms with van der Waals surface area (Å²) in [5.41, 5.74) is 2.63. The lowest BCUT2D eigenvalue weighted by Gasteiger charge is -2.24. The van der Waals surface area contributed by atoms with Crippen molar-refractivity contribution in [3.05, 3.63) is 29.3 Å². The van der Waals surface area contributed by atoms with E-state index in [9.17, 15) is 0 Å². The lowest BCUT2D eigenvalue weighted by molar-refractivity contribution is 0.240. The molecule has 0 amide bonds. The Balaban J connectivity index is 2.04. The van der Waals surface area contributed by atoms with Gasteiger partial charge in [-0.15, -0.1) is 0 Å². The average Bonchev–Trinajstić information content (AvgIpc) is 3.28. The molecule has 1 aliphatic rings. The van der Waals surface area contributed by atoms with Gasteiger partial charge in [-0.05, 0) is 50.9 Å². The number of ether oxygens (including phenoxy) is 1. The molecule has 1 fully saturated rings. The topological polar surface area (TPSA) is 24.5 Å². The molecule has 0 aliphatic heterocycles. The second kappa shape index (κ2) is 7.09. The number of hydrogen-bond donors (Lipinski definition) is 1. The van der Waals surface area contributed by atoms with Crippen LogP contribution >= 0.6 is 0 Å². The molecule has 1 unspecified atom stereocenters. The van der Waals surface area contributed by atoms with Crippen LogP contribution in [0.5, 0.6) is 5.75 Å². The van der Waals surface area contributed by atoms with E-state index in [1.165, 1.54) is 30.4 Å². The number of nitrogens with zero attached hydrogens (tertiary/aromatic N) is 1. The summed E-state index contributed by atoms with van der Waals surface area (Å²) in [6.45, 7) is 6.41. The Kier molecular flexibility index (Phi) is 5.44. The summed E-state index contributed by atoms with van der Waals surface area (Å²) in [5, 5.41) is 3.57. The molecule has 1 aliphatic carbocycles. The van der Waals surface area contributed by atoms with Gasteiger partial charge in [-0.3, -0.25) is 4.90 Å². The number of rotatable bonds is 8. The minimum absolute atomic E-state index is 0.591. The summed E-state index contributed by atoms with van der Waals surface area (Å²) in [6, 6.07) is 7.90. The molecule has 3 heteroatoms. The fourth-order valence-electron chi connectivity index (χ4n) is 2.35. The van der Waals surface area contributed by atoms with Gasteiger partial charge in [-0.25, -0.2) is 0 Å². The molecule has 112 valence electrons. The first-order valence-electron chi connectivity index (χ1n) is 7.73. The van der Waals surface area contributed by atoms with Crippen LogP contribution in [0.25, 0.3) is 0 Å². The highest BCUT2D eigenvalue weighted by Crippen LogP contribution is 2.24. The second-order valence-electron chi connectivity index (χ2n) is 5.97. The molecule has 3 nitrogen and oxygen atoms in total. The van der Waals surface area contributed by atoms with Crippen LogP contribution in [0.4, 0.5) is 0 Å². The van der Waals surface area contributed by atoms with Gasteiger partial charge in [0.05, 0.1) is 7.11 Å². The highest BCUT2D eigenvalue weighted by atomic mass is 16.5. The molecule has 0 saturated heterocycles. The maximum absolute atomic E-state index is 5.51. The van der Waals surface area contributed by atoms with Crippen LogP contribution in [0.2, 0.25) is 0 Å². The summed E-state index contributed by atoms with van der Waals surface area (Å²) in [5.74, 6) is 0.996. The van der Waals surface area contributed by atoms with Crippen molar-refractivity contribution < 1.29 is 4.74 Å². The summed E-state index contributed by atoms with van der Waals surface area (Å²) in [7, 11) is 3.94. The SMILES string of the molecule is CCC(C)N(C)Cc1cc(CNC2CC2)ccc1OC. The lowest BCUT2D eigenvalue weighted by atomic mass is 10.1. The van der Waals surface area contributed by atoms with E-state index in [2.05, 4.69) is 49.3 Å². The molecule has 1 aromatic rings. The predicted molar refractivity (Wildman–Crippen MR) is 84.1 cm³/mol. The van der Waals surface area contributed by atoms with Crippen LogP contribution in [-0.2, 0) is 13.1 Å². The van der Waals surface area contributed by atoms with E-state index < -0.39 is 0 Å². The smallest absolute Gasteiger partial charge is 0.123 e.